The zero-order valence-corrected chi connectivity index (χ0v) is 18.3. The molecular formula is C23H27N3O3S. The summed E-state index contributed by atoms with van der Waals surface area (Å²) >= 11 is 1.60. The molecular weight excluding hydrogens is 398 g/mol. The van der Waals surface area contributed by atoms with Crippen LogP contribution >= 0.6 is 11.3 Å². The zero-order chi connectivity index (χ0) is 20.7. The molecule has 7 heteroatoms. The van der Waals surface area contributed by atoms with Crippen LogP contribution in [-0.4, -0.2) is 47.5 Å². The predicted molar refractivity (Wildman–Crippen MR) is 119 cm³/mol. The molecule has 30 heavy (non-hydrogen) atoms. The second-order valence-corrected chi connectivity index (χ2v) is 9.52. The van der Waals surface area contributed by atoms with Gasteiger partial charge in [-0.3, -0.25) is 9.69 Å². The van der Waals surface area contributed by atoms with E-state index < -0.39 is 0 Å². The molecule has 2 fully saturated rings. The van der Waals surface area contributed by atoms with E-state index >= 15 is 0 Å². The fourth-order valence-corrected chi connectivity index (χ4v) is 5.61. The number of H-pyrrole nitrogens is 1. The Kier molecular flexibility index (Phi) is 5.45. The van der Waals surface area contributed by atoms with Crippen LogP contribution in [0, 0.1) is 19.8 Å². The number of nitrogens with one attached hydrogen (secondary N) is 1. The summed E-state index contributed by atoms with van der Waals surface area (Å²) in [5.41, 5.74) is 3.24. The fraction of sp³-hybridized carbons (Fsp3) is 0.478. The second kappa shape index (κ2) is 8.23. The van der Waals surface area contributed by atoms with Crippen molar-refractivity contribution in [1.82, 2.24) is 14.9 Å². The molecule has 2 aliphatic rings. The third kappa shape index (κ3) is 3.83. The van der Waals surface area contributed by atoms with Gasteiger partial charge in [-0.1, -0.05) is 29.8 Å². The number of aromatic nitrogens is 2. The first-order chi connectivity index (χ1) is 14.6. The van der Waals surface area contributed by atoms with E-state index in [-0.39, 0.29) is 11.8 Å². The number of fused-ring (bicyclic) bond motifs is 1. The van der Waals surface area contributed by atoms with E-state index in [2.05, 4.69) is 48.0 Å². The van der Waals surface area contributed by atoms with Crippen LogP contribution in [0.1, 0.15) is 29.1 Å². The molecule has 1 N–H and O–H groups in total. The molecule has 4 heterocycles. The number of likely N-dealkylation sites (tertiary alicyclic amines) is 1. The summed E-state index contributed by atoms with van der Waals surface area (Å²) in [5.74, 6) is 1.21. The molecule has 0 aliphatic carbocycles. The number of thiophene rings is 1. The molecule has 1 aromatic carbocycles. The van der Waals surface area contributed by atoms with Gasteiger partial charge in [0.1, 0.15) is 10.7 Å². The van der Waals surface area contributed by atoms with E-state index in [1.807, 2.05) is 0 Å². The Balaban J connectivity index is 1.35. The second-order valence-electron chi connectivity index (χ2n) is 8.32. The molecule has 0 atom stereocenters. The number of benzene rings is 1. The van der Waals surface area contributed by atoms with Crippen molar-refractivity contribution >= 4 is 21.6 Å². The predicted octanol–water partition coefficient (Wildman–Crippen LogP) is 3.85. The van der Waals surface area contributed by atoms with Crippen LogP contribution in [0.15, 0.2) is 29.1 Å². The summed E-state index contributed by atoms with van der Waals surface area (Å²) in [4.78, 5) is 25.2. The maximum absolute atomic E-state index is 13.0. The van der Waals surface area contributed by atoms with Gasteiger partial charge in [-0.05, 0) is 45.3 Å². The summed E-state index contributed by atoms with van der Waals surface area (Å²) in [6.07, 6.45) is 2.07. The first-order valence-electron chi connectivity index (χ1n) is 10.6. The average molecular weight is 426 g/mol. The van der Waals surface area contributed by atoms with Crippen molar-refractivity contribution in [3.8, 4) is 11.1 Å². The lowest BCUT2D eigenvalue weighted by Crippen LogP contribution is -2.38. The maximum atomic E-state index is 13.0. The summed E-state index contributed by atoms with van der Waals surface area (Å²) in [7, 11) is 0. The van der Waals surface area contributed by atoms with E-state index in [1.165, 1.54) is 5.56 Å². The molecule has 0 bridgehead atoms. The minimum Gasteiger partial charge on any atom is -0.350 e. The number of nitrogens with zero attached hydrogens (tertiary/aromatic N) is 2. The van der Waals surface area contributed by atoms with Crippen molar-refractivity contribution in [3.63, 3.8) is 0 Å². The Bertz CT molecular complexity index is 1090. The van der Waals surface area contributed by atoms with Crippen LogP contribution in [0.5, 0.6) is 0 Å². The van der Waals surface area contributed by atoms with Crippen molar-refractivity contribution in [1.29, 1.82) is 0 Å². The van der Waals surface area contributed by atoms with E-state index in [0.29, 0.717) is 31.1 Å². The summed E-state index contributed by atoms with van der Waals surface area (Å²) in [6, 6.07) is 8.33. The van der Waals surface area contributed by atoms with Crippen LogP contribution in [-0.2, 0) is 16.0 Å². The Morgan fingerprint density at radius 2 is 1.83 bits per heavy atom. The number of aromatic amines is 1. The first-order valence-corrected chi connectivity index (χ1v) is 11.4. The SMILES string of the molecule is Cc1ccc(-c2c(C)sc3nc(CN4CCC(C5OCCO5)CC4)[nH]c(=O)c23)cc1. The summed E-state index contributed by atoms with van der Waals surface area (Å²) < 4.78 is 11.3. The fourth-order valence-electron chi connectivity index (χ4n) is 4.55. The Labute approximate surface area is 179 Å². The van der Waals surface area contributed by atoms with E-state index in [0.717, 1.165) is 52.6 Å². The smallest absolute Gasteiger partial charge is 0.260 e. The molecule has 6 nitrogen and oxygen atoms in total. The number of hydrogen-bond acceptors (Lipinski definition) is 6. The third-order valence-electron chi connectivity index (χ3n) is 6.17. The van der Waals surface area contributed by atoms with Gasteiger partial charge in [0.2, 0.25) is 0 Å². The molecule has 5 rings (SSSR count). The lowest BCUT2D eigenvalue weighted by molar-refractivity contribution is -0.0978. The number of piperidine rings is 1. The van der Waals surface area contributed by atoms with E-state index in [1.54, 1.807) is 11.3 Å². The van der Waals surface area contributed by atoms with Gasteiger partial charge in [-0.2, -0.15) is 0 Å². The van der Waals surface area contributed by atoms with Gasteiger partial charge in [0, 0.05) is 16.4 Å². The molecule has 3 aromatic rings. The number of ether oxygens (including phenoxy) is 2. The van der Waals surface area contributed by atoms with Crippen LogP contribution in [0.4, 0.5) is 0 Å². The Morgan fingerprint density at radius 3 is 2.53 bits per heavy atom. The minimum absolute atomic E-state index is 0.0317. The van der Waals surface area contributed by atoms with Gasteiger partial charge in [0.25, 0.3) is 5.56 Å². The lowest BCUT2D eigenvalue weighted by atomic mass is 9.96. The maximum Gasteiger partial charge on any atom is 0.260 e. The monoisotopic (exact) mass is 425 g/mol. The van der Waals surface area contributed by atoms with Crippen LogP contribution < -0.4 is 5.56 Å². The zero-order valence-electron chi connectivity index (χ0n) is 17.4. The lowest BCUT2D eigenvalue weighted by Gasteiger charge is -2.33. The van der Waals surface area contributed by atoms with Crippen LogP contribution in [0.3, 0.4) is 0 Å². The van der Waals surface area contributed by atoms with Gasteiger partial charge >= 0.3 is 0 Å². The highest BCUT2D eigenvalue weighted by Gasteiger charge is 2.30. The standard InChI is InChI=1S/C23H27N3O3S/c1-14-3-5-16(6-4-14)19-15(2)30-22-20(19)21(27)24-18(25-22)13-26-9-7-17(8-10-26)23-28-11-12-29-23/h3-6,17,23H,7-13H2,1-2H3,(H,24,25,27). The van der Waals surface area contributed by atoms with Gasteiger partial charge in [0.15, 0.2) is 6.29 Å². The molecule has 0 spiro atoms. The highest BCUT2D eigenvalue weighted by atomic mass is 32.1. The quantitative estimate of drug-likeness (QED) is 0.688. The minimum atomic E-state index is -0.0439. The van der Waals surface area contributed by atoms with Crippen LogP contribution in [0.25, 0.3) is 21.3 Å². The highest BCUT2D eigenvalue weighted by Crippen LogP contribution is 2.35. The van der Waals surface area contributed by atoms with Crippen LogP contribution in [0.2, 0.25) is 0 Å². The number of aryl methyl sites for hydroxylation is 2. The number of rotatable bonds is 4. The number of hydrogen-bond donors (Lipinski definition) is 1. The van der Waals surface area contributed by atoms with Crippen molar-refractivity contribution < 1.29 is 9.47 Å². The Morgan fingerprint density at radius 1 is 1.13 bits per heavy atom. The molecule has 0 radical (unpaired) electrons. The average Bonchev–Trinajstić information content (AvgIpc) is 3.37. The largest absolute Gasteiger partial charge is 0.350 e. The van der Waals surface area contributed by atoms with Crippen molar-refractivity contribution in [2.24, 2.45) is 5.92 Å². The first kappa shape index (κ1) is 19.9. The molecule has 158 valence electrons. The van der Waals surface area contributed by atoms with Crippen molar-refractivity contribution in [2.45, 2.75) is 39.5 Å². The van der Waals surface area contributed by atoms with Gasteiger partial charge < -0.3 is 14.5 Å². The molecule has 2 aliphatic heterocycles. The van der Waals surface area contributed by atoms with E-state index in [4.69, 9.17) is 14.5 Å². The molecule has 0 saturated carbocycles. The third-order valence-corrected chi connectivity index (χ3v) is 7.16. The van der Waals surface area contributed by atoms with Crippen molar-refractivity contribution in [2.75, 3.05) is 26.3 Å². The molecule has 0 amide bonds. The summed E-state index contributed by atoms with van der Waals surface area (Å²) in [5, 5.41) is 0.708. The highest BCUT2D eigenvalue weighted by molar-refractivity contribution is 7.19. The van der Waals surface area contributed by atoms with Gasteiger partial charge in [-0.15, -0.1) is 11.3 Å². The normalized spacial score (nSPS) is 19.1. The molecule has 2 aromatic heterocycles. The Hall–Kier alpha value is -2.06. The van der Waals surface area contributed by atoms with Gasteiger partial charge in [-0.25, -0.2) is 4.98 Å². The van der Waals surface area contributed by atoms with E-state index in [9.17, 15) is 4.79 Å². The molecule has 2 saturated heterocycles. The van der Waals surface area contributed by atoms with Crippen molar-refractivity contribution in [3.05, 3.63) is 50.9 Å². The van der Waals surface area contributed by atoms with Gasteiger partial charge in [0.05, 0.1) is 25.1 Å². The topological polar surface area (TPSA) is 67.5 Å². The molecule has 0 unspecified atom stereocenters. The summed E-state index contributed by atoms with van der Waals surface area (Å²) in [6.45, 7) is 8.16.